The van der Waals surface area contributed by atoms with Gasteiger partial charge in [-0.05, 0) is 0 Å². The van der Waals surface area contributed by atoms with Crippen LogP contribution in [-0.2, 0) is 6.42 Å². The second-order valence-corrected chi connectivity index (χ2v) is 23.0. The first-order valence-corrected chi connectivity index (χ1v) is 19.9. The van der Waals surface area contributed by atoms with Gasteiger partial charge in [-0.1, -0.05) is 0 Å². The molecule has 1 aliphatic heterocycles. The Hall–Kier alpha value is -0.481. The van der Waals surface area contributed by atoms with E-state index in [1.807, 2.05) is 3.59 Å². The first-order chi connectivity index (χ1) is 14.1. The van der Waals surface area contributed by atoms with Crippen LogP contribution in [0.2, 0.25) is 13.3 Å². The van der Waals surface area contributed by atoms with E-state index in [1.165, 1.54) is 76.8 Å². The van der Waals surface area contributed by atoms with E-state index in [0.29, 0.717) is 0 Å². The van der Waals surface area contributed by atoms with Crippen LogP contribution >= 0.6 is 0 Å². The Labute approximate surface area is 184 Å². The number of allylic oxidation sites excluding steroid dienone is 1. The maximum absolute atomic E-state index is 2.68. The summed E-state index contributed by atoms with van der Waals surface area (Å²) in [4.78, 5) is 5.04. The van der Waals surface area contributed by atoms with Gasteiger partial charge in [0.1, 0.15) is 0 Å². The van der Waals surface area contributed by atoms with Gasteiger partial charge < -0.3 is 0 Å². The van der Waals surface area contributed by atoms with Gasteiger partial charge in [-0.3, -0.25) is 0 Å². The number of unbranched alkanes of at least 4 members (excludes halogenated alkanes) is 3. The summed E-state index contributed by atoms with van der Waals surface area (Å²) >= 11 is -2.26. The summed E-state index contributed by atoms with van der Waals surface area (Å²) < 4.78 is 6.74. The van der Waals surface area contributed by atoms with Crippen LogP contribution in [0.15, 0.2) is 21.8 Å². The molecule has 0 N–H and O–H groups in total. The van der Waals surface area contributed by atoms with E-state index in [4.69, 9.17) is 0 Å². The Balaban J connectivity index is 1.80. The molecule has 1 saturated heterocycles. The van der Waals surface area contributed by atoms with Crippen molar-refractivity contribution in [3.8, 4) is 0 Å². The average Bonchev–Trinajstić information content (AvgIpc) is 3.18. The molecule has 3 rings (SSSR count). The van der Waals surface area contributed by atoms with Crippen molar-refractivity contribution in [1.82, 2.24) is 4.90 Å². The standard InChI is InChI=1S/C14H17N2.3C4H9.Sn/c1-15-7-9-16(10-8-15)14-6-5-12-3-2-4-13(12)11-14;3*1-3-4-2;/h3,5-6,11H,4,7-10H2,1H3;3*1,3-4H2,2H3;. The van der Waals surface area contributed by atoms with Crippen LogP contribution in [-0.4, -0.2) is 56.5 Å². The van der Waals surface area contributed by atoms with Crippen molar-refractivity contribution in [1.29, 1.82) is 0 Å². The third-order valence-corrected chi connectivity index (χ3v) is 23.4. The third kappa shape index (κ3) is 5.81. The van der Waals surface area contributed by atoms with Gasteiger partial charge in [0.05, 0.1) is 0 Å². The molecule has 29 heavy (non-hydrogen) atoms. The Morgan fingerprint density at radius 1 is 0.828 bits per heavy atom. The van der Waals surface area contributed by atoms with Crippen LogP contribution in [0.3, 0.4) is 0 Å². The van der Waals surface area contributed by atoms with Gasteiger partial charge in [-0.15, -0.1) is 0 Å². The molecular formula is C26H44N2Sn. The summed E-state index contributed by atoms with van der Waals surface area (Å²) in [6.07, 6.45) is 12.4. The molecule has 3 heteroatoms. The summed E-state index contributed by atoms with van der Waals surface area (Å²) in [6, 6.07) is 7.37. The summed E-state index contributed by atoms with van der Waals surface area (Å²) in [5.74, 6) is 0. The molecule has 0 atom stereocenters. The van der Waals surface area contributed by atoms with Gasteiger partial charge in [-0.25, -0.2) is 0 Å². The quantitative estimate of drug-likeness (QED) is 0.308. The number of rotatable bonds is 11. The van der Waals surface area contributed by atoms with Crippen LogP contribution in [0.1, 0.15) is 70.4 Å². The van der Waals surface area contributed by atoms with E-state index in [0.717, 1.165) is 0 Å². The predicted molar refractivity (Wildman–Crippen MR) is 133 cm³/mol. The van der Waals surface area contributed by atoms with Crippen molar-refractivity contribution in [3.05, 3.63) is 32.9 Å². The topological polar surface area (TPSA) is 6.48 Å². The molecule has 0 bridgehead atoms. The summed E-state index contributed by atoms with van der Waals surface area (Å²) in [7, 11) is 2.24. The zero-order valence-corrected chi connectivity index (χ0v) is 22.5. The third-order valence-electron chi connectivity index (χ3n) is 7.41. The van der Waals surface area contributed by atoms with E-state index >= 15 is 0 Å². The van der Waals surface area contributed by atoms with E-state index in [9.17, 15) is 0 Å². The Morgan fingerprint density at radius 3 is 1.97 bits per heavy atom. The molecule has 1 aromatic rings. The van der Waals surface area contributed by atoms with E-state index in [-0.39, 0.29) is 0 Å². The summed E-state index contributed by atoms with van der Waals surface area (Å²) in [5, 5.41) is 0. The van der Waals surface area contributed by atoms with Crippen LogP contribution in [0.5, 0.6) is 0 Å². The van der Waals surface area contributed by atoms with Gasteiger partial charge in [0.25, 0.3) is 0 Å². The van der Waals surface area contributed by atoms with Crippen LogP contribution in [0.4, 0.5) is 5.69 Å². The minimum atomic E-state index is -2.26. The van der Waals surface area contributed by atoms with Gasteiger partial charge in [0, 0.05) is 0 Å². The molecule has 162 valence electrons. The molecule has 0 aromatic heterocycles. The van der Waals surface area contributed by atoms with Crippen molar-refractivity contribution in [2.45, 2.75) is 79.0 Å². The van der Waals surface area contributed by atoms with Crippen molar-refractivity contribution in [3.63, 3.8) is 0 Å². The molecule has 0 spiro atoms. The SMILES string of the molecule is CCC[CH2][Sn]([CH2]CCC)([CH2]CCC)[C]1=Cc2ccc(N3CCN(C)CC3)cc2C1. The van der Waals surface area contributed by atoms with Crippen LogP contribution < -0.4 is 4.90 Å². The number of piperazine rings is 1. The van der Waals surface area contributed by atoms with Gasteiger partial charge >= 0.3 is 185 Å². The fourth-order valence-electron chi connectivity index (χ4n) is 5.33. The predicted octanol–water partition coefficient (Wildman–Crippen LogP) is 6.77. The van der Waals surface area contributed by atoms with Crippen LogP contribution in [0.25, 0.3) is 6.08 Å². The molecular weight excluding hydrogens is 459 g/mol. The monoisotopic (exact) mass is 504 g/mol. The second-order valence-electron chi connectivity index (χ2n) is 9.61. The molecule has 1 aliphatic carbocycles. The average molecular weight is 503 g/mol. The van der Waals surface area contributed by atoms with Crippen molar-refractivity contribution >= 4 is 30.1 Å². The van der Waals surface area contributed by atoms with Gasteiger partial charge in [0.2, 0.25) is 0 Å². The molecule has 2 nitrogen and oxygen atoms in total. The van der Waals surface area contributed by atoms with E-state index in [1.54, 1.807) is 24.4 Å². The Kier molecular flexibility index (Phi) is 8.98. The number of hydrogen-bond donors (Lipinski definition) is 0. The fourth-order valence-corrected chi connectivity index (χ4v) is 22.0. The second kappa shape index (κ2) is 11.2. The molecule has 0 saturated carbocycles. The number of likely N-dealkylation sites (N-methyl/N-ethyl adjacent to an activating group) is 1. The normalized spacial score (nSPS) is 17.5. The Bertz CT molecular complexity index is 652. The molecule has 1 aromatic carbocycles. The van der Waals surface area contributed by atoms with E-state index < -0.39 is 18.4 Å². The van der Waals surface area contributed by atoms with Gasteiger partial charge in [0.15, 0.2) is 0 Å². The number of fused-ring (bicyclic) bond motifs is 1. The molecule has 0 radical (unpaired) electrons. The number of anilines is 1. The molecule has 0 unspecified atom stereocenters. The molecule has 1 fully saturated rings. The zero-order chi connectivity index (χ0) is 20.7. The first kappa shape index (κ1) is 23.2. The fraction of sp³-hybridized carbons (Fsp3) is 0.692. The number of nitrogens with zero attached hydrogens (tertiary/aromatic N) is 2. The number of hydrogen-bond acceptors (Lipinski definition) is 2. The molecule has 1 heterocycles. The maximum atomic E-state index is 2.68. The van der Waals surface area contributed by atoms with Gasteiger partial charge in [-0.2, -0.15) is 0 Å². The van der Waals surface area contributed by atoms with Crippen molar-refractivity contribution in [2.24, 2.45) is 0 Å². The summed E-state index contributed by atoms with van der Waals surface area (Å²) in [6.45, 7) is 11.9. The minimum absolute atomic E-state index is 1.17. The van der Waals surface area contributed by atoms with Crippen molar-refractivity contribution in [2.75, 3.05) is 38.1 Å². The molecule has 0 amide bonds. The number of benzene rings is 1. The summed E-state index contributed by atoms with van der Waals surface area (Å²) in [5.41, 5.74) is 4.63. The van der Waals surface area contributed by atoms with E-state index in [2.05, 4.69) is 61.9 Å². The first-order valence-electron chi connectivity index (χ1n) is 12.4. The van der Waals surface area contributed by atoms with Crippen LogP contribution in [0, 0.1) is 0 Å². The molecule has 2 aliphatic rings. The zero-order valence-electron chi connectivity index (χ0n) is 19.6. The Morgan fingerprint density at radius 2 is 1.41 bits per heavy atom. The van der Waals surface area contributed by atoms with Crippen molar-refractivity contribution < 1.29 is 0 Å².